The molecule has 4 nitrogen and oxygen atoms in total. The second-order valence-electron chi connectivity index (χ2n) is 7.68. The summed E-state index contributed by atoms with van der Waals surface area (Å²) in [7, 11) is 0. The first-order valence-corrected chi connectivity index (χ1v) is 11.2. The number of amides is 2. The first kappa shape index (κ1) is 23.0. The molecule has 0 bridgehead atoms. The molecule has 0 fully saturated rings. The molecule has 5 heteroatoms. The monoisotopic (exact) mass is 412 g/mol. The van der Waals surface area contributed by atoms with E-state index in [-0.39, 0.29) is 11.8 Å². The van der Waals surface area contributed by atoms with E-state index in [1.54, 1.807) is 4.90 Å². The van der Waals surface area contributed by atoms with Crippen molar-refractivity contribution in [2.24, 2.45) is 5.92 Å². The van der Waals surface area contributed by atoms with Crippen LogP contribution in [0.25, 0.3) is 0 Å². The van der Waals surface area contributed by atoms with E-state index < -0.39 is 6.04 Å². The van der Waals surface area contributed by atoms with Crippen molar-refractivity contribution in [3.05, 3.63) is 65.7 Å². The second-order valence-corrected chi connectivity index (χ2v) is 8.72. The van der Waals surface area contributed by atoms with E-state index >= 15 is 0 Å². The molecule has 2 aromatic rings. The summed E-state index contributed by atoms with van der Waals surface area (Å²) in [6.07, 6.45) is 0.581. The van der Waals surface area contributed by atoms with E-state index in [0.29, 0.717) is 31.2 Å². The largest absolute Gasteiger partial charge is 0.354 e. The molecular weight excluding hydrogens is 380 g/mol. The van der Waals surface area contributed by atoms with Crippen molar-refractivity contribution in [2.75, 3.05) is 12.3 Å². The number of nitrogens with zero attached hydrogens (tertiary/aromatic N) is 1. The number of hydrogen-bond donors (Lipinski definition) is 1. The Morgan fingerprint density at radius 3 is 2.41 bits per heavy atom. The van der Waals surface area contributed by atoms with Crippen LogP contribution in [0.3, 0.4) is 0 Å². The number of benzene rings is 2. The van der Waals surface area contributed by atoms with Gasteiger partial charge in [-0.1, -0.05) is 68.8 Å². The zero-order valence-electron chi connectivity index (χ0n) is 17.9. The number of nitrogens with one attached hydrogen (secondary N) is 1. The third-order valence-corrected chi connectivity index (χ3v) is 5.61. The summed E-state index contributed by atoms with van der Waals surface area (Å²) >= 11 is 1.51. The molecule has 0 radical (unpaired) electrons. The normalized spacial score (nSPS) is 11.9. The Morgan fingerprint density at radius 2 is 1.79 bits per heavy atom. The van der Waals surface area contributed by atoms with E-state index in [0.717, 1.165) is 16.0 Å². The highest BCUT2D eigenvalue weighted by molar-refractivity contribution is 8.00. The van der Waals surface area contributed by atoms with Crippen LogP contribution in [-0.4, -0.2) is 35.1 Å². The molecule has 2 amide bonds. The molecule has 2 aromatic carbocycles. The summed E-state index contributed by atoms with van der Waals surface area (Å²) < 4.78 is 0. The molecule has 0 aliphatic carbocycles. The van der Waals surface area contributed by atoms with Gasteiger partial charge >= 0.3 is 0 Å². The third-order valence-electron chi connectivity index (χ3n) is 4.61. The fourth-order valence-corrected chi connectivity index (χ4v) is 3.90. The van der Waals surface area contributed by atoms with Crippen LogP contribution in [0.4, 0.5) is 0 Å². The summed E-state index contributed by atoms with van der Waals surface area (Å²) in [6.45, 7) is 9.17. The molecule has 1 unspecified atom stereocenters. The van der Waals surface area contributed by atoms with Gasteiger partial charge in [0.1, 0.15) is 6.04 Å². The molecule has 1 atom stereocenters. The van der Waals surface area contributed by atoms with Gasteiger partial charge < -0.3 is 10.2 Å². The predicted octanol–water partition coefficient (Wildman–Crippen LogP) is 4.67. The highest BCUT2D eigenvalue weighted by Gasteiger charge is 2.28. The highest BCUT2D eigenvalue weighted by Crippen LogP contribution is 2.20. The molecule has 0 aliphatic rings. The lowest BCUT2D eigenvalue weighted by atomic mass is 10.1. The molecule has 2 rings (SSSR count). The lowest BCUT2D eigenvalue weighted by Crippen LogP contribution is -2.50. The Balaban J connectivity index is 2.18. The molecule has 1 N–H and O–H groups in total. The first-order chi connectivity index (χ1) is 13.9. The number of rotatable bonds is 10. The molecular formula is C24H32N2O2S. The smallest absolute Gasteiger partial charge is 0.242 e. The van der Waals surface area contributed by atoms with E-state index in [1.165, 1.54) is 11.8 Å². The SMILES string of the molecule is CCC(C(=O)NCC(C)C)N(Cc1cccc(C)c1)C(=O)CSc1ccccc1. The minimum atomic E-state index is -0.474. The average Bonchev–Trinajstić information content (AvgIpc) is 2.71. The van der Waals surface area contributed by atoms with Gasteiger partial charge in [-0.2, -0.15) is 0 Å². The van der Waals surface area contributed by atoms with Gasteiger partial charge in [-0.05, 0) is 37.0 Å². The molecule has 0 heterocycles. The number of aryl methyl sites for hydroxylation is 1. The van der Waals surface area contributed by atoms with E-state index in [2.05, 4.69) is 25.2 Å². The van der Waals surface area contributed by atoms with Crippen molar-refractivity contribution in [3.63, 3.8) is 0 Å². The van der Waals surface area contributed by atoms with Crippen LogP contribution in [-0.2, 0) is 16.1 Å². The zero-order valence-corrected chi connectivity index (χ0v) is 18.7. The van der Waals surface area contributed by atoms with Crippen molar-refractivity contribution >= 4 is 23.6 Å². The summed E-state index contributed by atoms with van der Waals surface area (Å²) in [6, 6.07) is 17.5. The number of carbonyl (C=O) groups is 2. The van der Waals surface area contributed by atoms with Gasteiger partial charge in [0.25, 0.3) is 0 Å². The fourth-order valence-electron chi connectivity index (χ4n) is 3.09. The lowest BCUT2D eigenvalue weighted by Gasteiger charge is -2.31. The standard InChI is InChI=1S/C24H32N2O2S/c1-5-22(24(28)25-15-18(2)3)26(16-20-11-9-10-19(4)14-20)23(27)17-29-21-12-7-6-8-13-21/h6-14,18,22H,5,15-17H2,1-4H3,(H,25,28). The van der Waals surface area contributed by atoms with Crippen LogP contribution in [0.2, 0.25) is 0 Å². The Hall–Kier alpha value is -2.27. The van der Waals surface area contributed by atoms with Crippen LogP contribution < -0.4 is 5.32 Å². The fraction of sp³-hybridized carbons (Fsp3) is 0.417. The Bertz CT molecular complexity index is 792. The highest BCUT2D eigenvalue weighted by atomic mass is 32.2. The minimum Gasteiger partial charge on any atom is -0.354 e. The van der Waals surface area contributed by atoms with Gasteiger partial charge in [0, 0.05) is 18.0 Å². The van der Waals surface area contributed by atoms with Crippen molar-refractivity contribution in [1.82, 2.24) is 10.2 Å². The van der Waals surface area contributed by atoms with Crippen molar-refractivity contribution < 1.29 is 9.59 Å². The van der Waals surface area contributed by atoms with E-state index in [4.69, 9.17) is 0 Å². The molecule has 0 saturated carbocycles. The molecule has 0 saturated heterocycles. The Kier molecular flexibility index (Phi) is 9.26. The van der Waals surface area contributed by atoms with E-state index in [1.807, 2.05) is 62.4 Å². The van der Waals surface area contributed by atoms with Gasteiger partial charge in [0.05, 0.1) is 5.75 Å². The summed E-state index contributed by atoms with van der Waals surface area (Å²) in [5.74, 6) is 0.578. The number of carbonyl (C=O) groups excluding carboxylic acids is 2. The van der Waals surface area contributed by atoms with Crippen LogP contribution in [0.5, 0.6) is 0 Å². The minimum absolute atomic E-state index is 0.0214. The van der Waals surface area contributed by atoms with Crippen LogP contribution in [0.15, 0.2) is 59.5 Å². The number of thioether (sulfide) groups is 1. The van der Waals surface area contributed by atoms with Crippen LogP contribution in [0.1, 0.15) is 38.3 Å². The molecule has 0 spiro atoms. The van der Waals surface area contributed by atoms with Crippen LogP contribution in [0, 0.1) is 12.8 Å². The Morgan fingerprint density at radius 1 is 1.07 bits per heavy atom. The van der Waals surface area contributed by atoms with Crippen molar-refractivity contribution in [3.8, 4) is 0 Å². The quantitative estimate of drug-likeness (QED) is 0.577. The summed E-state index contributed by atoms with van der Waals surface area (Å²) in [5.41, 5.74) is 2.18. The maximum Gasteiger partial charge on any atom is 0.242 e. The van der Waals surface area contributed by atoms with Crippen molar-refractivity contribution in [1.29, 1.82) is 0 Å². The zero-order chi connectivity index (χ0) is 21.2. The topological polar surface area (TPSA) is 49.4 Å². The van der Waals surface area contributed by atoms with Gasteiger partial charge in [-0.3, -0.25) is 9.59 Å². The van der Waals surface area contributed by atoms with Gasteiger partial charge in [-0.15, -0.1) is 11.8 Å². The number of hydrogen-bond acceptors (Lipinski definition) is 3. The molecule has 29 heavy (non-hydrogen) atoms. The Labute approximate surface area is 179 Å². The maximum atomic E-state index is 13.2. The predicted molar refractivity (Wildman–Crippen MR) is 121 cm³/mol. The van der Waals surface area contributed by atoms with Gasteiger partial charge in [0.2, 0.25) is 11.8 Å². The average molecular weight is 413 g/mol. The second kappa shape index (κ2) is 11.7. The molecule has 0 aromatic heterocycles. The maximum absolute atomic E-state index is 13.2. The molecule has 0 aliphatic heterocycles. The van der Waals surface area contributed by atoms with Gasteiger partial charge in [0.15, 0.2) is 0 Å². The lowest BCUT2D eigenvalue weighted by molar-refractivity contribution is -0.139. The molecule has 156 valence electrons. The summed E-state index contributed by atoms with van der Waals surface area (Å²) in [4.78, 5) is 28.8. The van der Waals surface area contributed by atoms with Crippen LogP contribution >= 0.6 is 11.8 Å². The summed E-state index contributed by atoms with van der Waals surface area (Å²) in [5, 5.41) is 3.00. The third kappa shape index (κ3) is 7.58. The first-order valence-electron chi connectivity index (χ1n) is 10.2. The van der Waals surface area contributed by atoms with E-state index in [9.17, 15) is 9.59 Å². The van der Waals surface area contributed by atoms with Gasteiger partial charge in [-0.25, -0.2) is 0 Å². The van der Waals surface area contributed by atoms with Crippen molar-refractivity contribution in [2.45, 2.75) is 51.6 Å².